The van der Waals surface area contributed by atoms with Crippen molar-refractivity contribution in [1.82, 2.24) is 10.1 Å². The first-order valence-electron chi connectivity index (χ1n) is 6.58. The topological polar surface area (TPSA) is 64.9 Å². The van der Waals surface area contributed by atoms with E-state index in [4.69, 9.17) is 10.3 Å². The summed E-state index contributed by atoms with van der Waals surface area (Å²) in [6.07, 6.45) is 0. The van der Waals surface area contributed by atoms with E-state index in [0.717, 1.165) is 5.89 Å². The quantitative estimate of drug-likeness (QED) is 0.876. The highest BCUT2D eigenvalue weighted by atomic mass is 16.5. The predicted molar refractivity (Wildman–Crippen MR) is 71.0 cm³/mol. The van der Waals surface area contributed by atoms with Crippen LogP contribution in [-0.4, -0.2) is 10.1 Å². The Morgan fingerprint density at radius 1 is 1.17 bits per heavy atom. The third-order valence-electron chi connectivity index (χ3n) is 4.94. The van der Waals surface area contributed by atoms with Crippen molar-refractivity contribution < 1.29 is 4.52 Å². The first-order valence-corrected chi connectivity index (χ1v) is 6.58. The molecule has 4 nitrogen and oxygen atoms in total. The SMILES string of the molecule is CC(C)(C)C(N)c1noc(C2C(C)(C)C2(C)C)n1. The van der Waals surface area contributed by atoms with E-state index < -0.39 is 0 Å². The zero-order valence-electron chi connectivity index (χ0n) is 12.5. The molecule has 1 heterocycles. The molecule has 1 atom stereocenters. The maximum atomic E-state index is 6.16. The normalized spacial score (nSPS) is 24.0. The fourth-order valence-electron chi connectivity index (χ4n) is 2.69. The van der Waals surface area contributed by atoms with E-state index in [-0.39, 0.29) is 22.3 Å². The van der Waals surface area contributed by atoms with Crippen LogP contribution in [0.2, 0.25) is 0 Å². The molecule has 0 aromatic carbocycles. The third-order valence-corrected chi connectivity index (χ3v) is 4.94. The van der Waals surface area contributed by atoms with Crippen LogP contribution in [0.4, 0.5) is 0 Å². The van der Waals surface area contributed by atoms with Gasteiger partial charge in [-0.3, -0.25) is 0 Å². The molecule has 1 saturated carbocycles. The summed E-state index contributed by atoms with van der Waals surface area (Å²) in [6.45, 7) is 15.2. The van der Waals surface area contributed by atoms with Crippen molar-refractivity contribution >= 4 is 0 Å². The van der Waals surface area contributed by atoms with E-state index in [2.05, 4.69) is 58.6 Å². The van der Waals surface area contributed by atoms with Crippen LogP contribution in [0.25, 0.3) is 0 Å². The molecule has 1 aliphatic carbocycles. The molecular formula is C14H25N3O. The number of nitrogens with two attached hydrogens (primary N) is 1. The Kier molecular flexibility index (Phi) is 2.68. The van der Waals surface area contributed by atoms with Gasteiger partial charge in [0.15, 0.2) is 5.82 Å². The lowest BCUT2D eigenvalue weighted by Crippen LogP contribution is -2.27. The first kappa shape index (κ1) is 13.5. The summed E-state index contributed by atoms with van der Waals surface area (Å²) in [5, 5.41) is 4.06. The average Bonchev–Trinajstić information content (AvgIpc) is 2.56. The minimum absolute atomic E-state index is 0.0598. The second kappa shape index (κ2) is 3.56. The molecular weight excluding hydrogens is 226 g/mol. The van der Waals surface area contributed by atoms with E-state index in [1.54, 1.807) is 0 Å². The van der Waals surface area contributed by atoms with Crippen LogP contribution in [0.15, 0.2) is 4.52 Å². The molecule has 1 aliphatic rings. The summed E-state index contributed by atoms with van der Waals surface area (Å²) in [5.74, 6) is 1.69. The highest BCUT2D eigenvalue weighted by molar-refractivity contribution is 5.25. The second-order valence-corrected chi connectivity index (χ2v) is 7.71. The van der Waals surface area contributed by atoms with Gasteiger partial charge in [0, 0.05) is 5.92 Å². The molecule has 0 spiro atoms. The first-order chi connectivity index (χ1) is 7.99. The zero-order chi connectivity index (χ0) is 13.9. The van der Waals surface area contributed by atoms with Gasteiger partial charge in [0.05, 0.1) is 6.04 Å². The van der Waals surface area contributed by atoms with Crippen LogP contribution in [0.1, 0.15) is 72.1 Å². The summed E-state index contributed by atoms with van der Waals surface area (Å²) in [6, 6.07) is -0.194. The van der Waals surface area contributed by atoms with Gasteiger partial charge in [-0.2, -0.15) is 4.98 Å². The van der Waals surface area contributed by atoms with Crippen molar-refractivity contribution in [2.24, 2.45) is 22.0 Å². The van der Waals surface area contributed by atoms with Gasteiger partial charge >= 0.3 is 0 Å². The summed E-state index contributed by atoms with van der Waals surface area (Å²) in [5.41, 5.74) is 6.52. The summed E-state index contributed by atoms with van der Waals surface area (Å²) >= 11 is 0. The minimum atomic E-state index is -0.194. The van der Waals surface area contributed by atoms with Crippen LogP contribution in [0.3, 0.4) is 0 Å². The molecule has 0 bridgehead atoms. The van der Waals surface area contributed by atoms with E-state index in [9.17, 15) is 0 Å². The molecule has 1 aromatic rings. The molecule has 1 aromatic heterocycles. The van der Waals surface area contributed by atoms with Crippen LogP contribution < -0.4 is 5.73 Å². The maximum absolute atomic E-state index is 6.16. The molecule has 0 saturated heterocycles. The Morgan fingerprint density at radius 2 is 1.67 bits per heavy atom. The summed E-state index contributed by atoms with van der Waals surface area (Å²) in [7, 11) is 0. The Hall–Kier alpha value is -0.900. The van der Waals surface area contributed by atoms with Crippen molar-refractivity contribution in [3.63, 3.8) is 0 Å². The fraction of sp³-hybridized carbons (Fsp3) is 0.857. The van der Waals surface area contributed by atoms with E-state index >= 15 is 0 Å². The number of nitrogens with zero attached hydrogens (tertiary/aromatic N) is 2. The Morgan fingerprint density at radius 3 is 2.06 bits per heavy atom. The number of rotatable bonds is 2. The average molecular weight is 251 g/mol. The van der Waals surface area contributed by atoms with E-state index in [0.29, 0.717) is 11.7 Å². The Bertz CT molecular complexity index is 440. The largest absolute Gasteiger partial charge is 0.339 e. The van der Waals surface area contributed by atoms with Gasteiger partial charge in [0.1, 0.15) is 0 Å². The van der Waals surface area contributed by atoms with Gasteiger partial charge < -0.3 is 10.3 Å². The van der Waals surface area contributed by atoms with Crippen molar-refractivity contribution in [2.75, 3.05) is 0 Å². The molecule has 2 N–H and O–H groups in total. The monoisotopic (exact) mass is 251 g/mol. The zero-order valence-corrected chi connectivity index (χ0v) is 12.5. The van der Waals surface area contributed by atoms with E-state index in [1.807, 2.05) is 0 Å². The summed E-state index contributed by atoms with van der Waals surface area (Å²) < 4.78 is 5.44. The molecule has 1 unspecified atom stereocenters. The third kappa shape index (κ3) is 1.78. The van der Waals surface area contributed by atoms with Crippen molar-refractivity contribution in [2.45, 2.75) is 60.4 Å². The van der Waals surface area contributed by atoms with Crippen molar-refractivity contribution in [3.05, 3.63) is 11.7 Å². The summed E-state index contributed by atoms with van der Waals surface area (Å²) in [4.78, 5) is 4.53. The lowest BCUT2D eigenvalue weighted by molar-refractivity contribution is 0.299. The minimum Gasteiger partial charge on any atom is -0.339 e. The lowest BCUT2D eigenvalue weighted by atomic mass is 9.87. The maximum Gasteiger partial charge on any atom is 0.230 e. The molecule has 18 heavy (non-hydrogen) atoms. The molecule has 2 rings (SSSR count). The molecule has 0 radical (unpaired) electrons. The van der Waals surface area contributed by atoms with Gasteiger partial charge in [-0.15, -0.1) is 0 Å². The van der Waals surface area contributed by atoms with Crippen molar-refractivity contribution in [3.8, 4) is 0 Å². The van der Waals surface area contributed by atoms with Gasteiger partial charge in [0.25, 0.3) is 0 Å². The highest BCUT2D eigenvalue weighted by Crippen LogP contribution is 2.73. The molecule has 1 fully saturated rings. The molecule has 102 valence electrons. The second-order valence-electron chi connectivity index (χ2n) is 7.71. The number of hydrogen-bond acceptors (Lipinski definition) is 4. The van der Waals surface area contributed by atoms with Crippen LogP contribution in [-0.2, 0) is 0 Å². The Labute approximate surface area is 109 Å². The number of aromatic nitrogens is 2. The molecule has 0 aliphatic heterocycles. The molecule has 0 amide bonds. The van der Waals surface area contributed by atoms with E-state index in [1.165, 1.54) is 0 Å². The lowest BCUT2D eigenvalue weighted by Gasteiger charge is -2.23. The predicted octanol–water partition coefficient (Wildman–Crippen LogP) is 3.27. The van der Waals surface area contributed by atoms with Crippen LogP contribution >= 0.6 is 0 Å². The van der Waals surface area contributed by atoms with Crippen LogP contribution in [0, 0.1) is 16.2 Å². The number of hydrogen-bond donors (Lipinski definition) is 1. The fourth-order valence-corrected chi connectivity index (χ4v) is 2.69. The smallest absolute Gasteiger partial charge is 0.230 e. The van der Waals surface area contributed by atoms with Gasteiger partial charge in [-0.05, 0) is 16.2 Å². The Balaban J connectivity index is 2.24. The van der Waals surface area contributed by atoms with Crippen molar-refractivity contribution in [1.29, 1.82) is 0 Å². The van der Waals surface area contributed by atoms with Gasteiger partial charge in [-0.1, -0.05) is 53.6 Å². The van der Waals surface area contributed by atoms with Crippen LogP contribution in [0.5, 0.6) is 0 Å². The van der Waals surface area contributed by atoms with Gasteiger partial charge in [0.2, 0.25) is 5.89 Å². The van der Waals surface area contributed by atoms with Gasteiger partial charge in [-0.25, -0.2) is 0 Å². The highest BCUT2D eigenvalue weighted by Gasteiger charge is 2.68. The standard InChI is InChI=1S/C14H25N3O/c1-12(2,3)9(15)10-16-11(18-17-10)8-13(4,5)14(8,6)7/h8-9H,15H2,1-7H3. The molecule has 4 heteroatoms.